The fourth-order valence-corrected chi connectivity index (χ4v) is 1.42. The summed E-state index contributed by atoms with van der Waals surface area (Å²) < 4.78 is 0. The Morgan fingerprint density at radius 3 is 2.20 bits per heavy atom. The van der Waals surface area contributed by atoms with Gasteiger partial charge in [-0.15, -0.1) is 0 Å². The van der Waals surface area contributed by atoms with Crippen molar-refractivity contribution in [3.05, 3.63) is 42.0 Å². The van der Waals surface area contributed by atoms with Gasteiger partial charge in [0.05, 0.1) is 0 Å². The summed E-state index contributed by atoms with van der Waals surface area (Å²) in [6.07, 6.45) is 0. The molecule has 0 spiro atoms. The number of phenolic OH excluding ortho intramolecular Hbond substituents is 1. The van der Waals surface area contributed by atoms with Gasteiger partial charge in [-0.05, 0) is 29.3 Å². The average Bonchev–Trinajstić information content (AvgIpc) is 2.27. The van der Waals surface area contributed by atoms with Crippen LogP contribution in [0.5, 0.6) is 5.75 Å². The minimum Gasteiger partial charge on any atom is -0.508 e. The van der Waals surface area contributed by atoms with E-state index in [9.17, 15) is 5.11 Å². The Balaban J connectivity index is 0.000000617. The summed E-state index contributed by atoms with van der Waals surface area (Å²) in [5, 5.41) is 11.7. The SMILES string of the molecule is CC.Cc1c(O)ccc2ccccc12.[Pr]. The molecule has 77 valence electrons. The molecular weight excluding hydrogens is 313 g/mol. The molecule has 2 heteroatoms. The van der Waals surface area contributed by atoms with E-state index in [1.54, 1.807) is 6.07 Å². The number of fused-ring (bicyclic) bond motifs is 1. The summed E-state index contributed by atoms with van der Waals surface area (Å²) in [6.45, 7) is 5.93. The first-order valence-electron chi connectivity index (χ1n) is 4.96. The average molecular weight is 329 g/mol. The van der Waals surface area contributed by atoms with E-state index in [1.165, 1.54) is 5.39 Å². The van der Waals surface area contributed by atoms with E-state index in [0.29, 0.717) is 5.75 Å². The smallest absolute Gasteiger partial charge is 0.119 e. The summed E-state index contributed by atoms with van der Waals surface area (Å²) >= 11 is 0. The van der Waals surface area contributed by atoms with Gasteiger partial charge in [0.15, 0.2) is 0 Å². The minimum absolute atomic E-state index is 0. The number of aryl methyl sites for hydroxylation is 1. The fourth-order valence-electron chi connectivity index (χ4n) is 1.42. The summed E-state index contributed by atoms with van der Waals surface area (Å²) in [5.74, 6) is 0.369. The molecule has 0 aliphatic rings. The first-order valence-corrected chi connectivity index (χ1v) is 4.96. The predicted octanol–water partition coefficient (Wildman–Crippen LogP) is 3.88. The molecule has 0 amide bonds. The molecule has 0 heterocycles. The van der Waals surface area contributed by atoms with Crippen LogP contribution in [0.4, 0.5) is 0 Å². The van der Waals surface area contributed by atoms with E-state index in [2.05, 4.69) is 0 Å². The zero-order valence-corrected chi connectivity index (χ0v) is 13.2. The molecule has 2 aromatic rings. The van der Waals surface area contributed by atoms with E-state index in [-0.39, 0.29) is 41.3 Å². The summed E-state index contributed by atoms with van der Waals surface area (Å²) in [5.41, 5.74) is 0.952. The van der Waals surface area contributed by atoms with Crippen molar-refractivity contribution in [3.63, 3.8) is 0 Å². The number of aromatic hydroxyl groups is 1. The largest absolute Gasteiger partial charge is 0.508 e. The van der Waals surface area contributed by atoms with E-state index in [0.717, 1.165) is 10.9 Å². The molecule has 0 fully saturated rings. The van der Waals surface area contributed by atoms with Crippen molar-refractivity contribution in [2.24, 2.45) is 0 Å². The van der Waals surface area contributed by atoms with Gasteiger partial charge in [-0.1, -0.05) is 44.2 Å². The van der Waals surface area contributed by atoms with Crippen LogP contribution >= 0.6 is 0 Å². The standard InChI is InChI=1S/C11H10O.C2H6.Pr/c1-8-10-5-3-2-4-9(10)6-7-11(8)12;1-2;/h2-7,12H,1H3;1-2H3;. The monoisotopic (exact) mass is 329 g/mol. The topological polar surface area (TPSA) is 20.2 Å². The minimum atomic E-state index is 0. The maximum absolute atomic E-state index is 9.42. The molecule has 2 rings (SSSR count). The number of hydrogen-bond donors (Lipinski definition) is 1. The molecule has 0 aromatic heterocycles. The van der Waals surface area contributed by atoms with Gasteiger partial charge in [-0.2, -0.15) is 0 Å². The number of phenols is 1. The van der Waals surface area contributed by atoms with Crippen LogP contribution in [0.15, 0.2) is 36.4 Å². The molecule has 1 radical (unpaired) electrons. The normalized spacial score (nSPS) is 8.73. The second-order valence-corrected chi connectivity index (χ2v) is 2.93. The third-order valence-electron chi connectivity index (χ3n) is 2.17. The molecule has 0 bridgehead atoms. The Labute approximate surface area is 124 Å². The Bertz CT molecular complexity index is 424. The quantitative estimate of drug-likeness (QED) is 0.778. The van der Waals surface area contributed by atoms with E-state index >= 15 is 0 Å². The van der Waals surface area contributed by atoms with Crippen LogP contribution < -0.4 is 0 Å². The van der Waals surface area contributed by atoms with Crippen molar-refractivity contribution < 1.29 is 46.4 Å². The zero-order valence-electron chi connectivity index (χ0n) is 9.49. The molecule has 0 aliphatic heterocycles. The summed E-state index contributed by atoms with van der Waals surface area (Å²) in [7, 11) is 0. The summed E-state index contributed by atoms with van der Waals surface area (Å²) in [4.78, 5) is 0. The van der Waals surface area contributed by atoms with Gasteiger partial charge in [-0.3, -0.25) is 0 Å². The molecule has 2 aromatic carbocycles. The van der Waals surface area contributed by atoms with Crippen LogP contribution in [0, 0.1) is 48.2 Å². The molecule has 1 N–H and O–H groups in total. The van der Waals surface area contributed by atoms with Crippen LogP contribution in [0.1, 0.15) is 19.4 Å². The van der Waals surface area contributed by atoms with Crippen LogP contribution in [0.3, 0.4) is 0 Å². The van der Waals surface area contributed by atoms with Gasteiger partial charge in [0, 0.05) is 41.3 Å². The molecule has 0 atom stereocenters. The fraction of sp³-hybridized carbons (Fsp3) is 0.231. The molecule has 1 nitrogen and oxygen atoms in total. The van der Waals surface area contributed by atoms with E-state index in [4.69, 9.17) is 0 Å². The Morgan fingerprint density at radius 1 is 0.933 bits per heavy atom. The third-order valence-corrected chi connectivity index (χ3v) is 2.17. The second kappa shape index (κ2) is 7.19. The van der Waals surface area contributed by atoms with Crippen LogP contribution in [-0.4, -0.2) is 5.11 Å². The Kier molecular flexibility index (Phi) is 7.12. The molecule has 0 saturated heterocycles. The van der Waals surface area contributed by atoms with Gasteiger partial charge in [0.1, 0.15) is 5.75 Å². The van der Waals surface area contributed by atoms with Crippen molar-refractivity contribution in [3.8, 4) is 5.75 Å². The summed E-state index contributed by atoms with van der Waals surface area (Å²) in [6, 6.07) is 11.7. The number of rotatable bonds is 0. The van der Waals surface area contributed by atoms with Crippen molar-refractivity contribution in [1.82, 2.24) is 0 Å². The van der Waals surface area contributed by atoms with Crippen molar-refractivity contribution in [2.75, 3.05) is 0 Å². The molecule has 15 heavy (non-hydrogen) atoms. The molecule has 0 saturated carbocycles. The van der Waals surface area contributed by atoms with Gasteiger partial charge in [-0.25, -0.2) is 0 Å². The van der Waals surface area contributed by atoms with Gasteiger partial charge >= 0.3 is 0 Å². The molecule has 0 unspecified atom stereocenters. The predicted molar refractivity (Wildman–Crippen MR) is 61.7 cm³/mol. The van der Waals surface area contributed by atoms with Gasteiger partial charge in [0.2, 0.25) is 0 Å². The first kappa shape index (κ1) is 14.9. The van der Waals surface area contributed by atoms with Gasteiger partial charge in [0.25, 0.3) is 0 Å². The second-order valence-electron chi connectivity index (χ2n) is 2.93. The van der Waals surface area contributed by atoms with E-state index in [1.807, 2.05) is 51.1 Å². The van der Waals surface area contributed by atoms with Gasteiger partial charge < -0.3 is 5.11 Å². The number of benzene rings is 2. The van der Waals surface area contributed by atoms with E-state index < -0.39 is 0 Å². The Hall–Kier alpha value is -0.136. The maximum atomic E-state index is 9.42. The first-order chi connectivity index (χ1) is 6.79. The van der Waals surface area contributed by atoms with Crippen molar-refractivity contribution in [2.45, 2.75) is 20.8 Å². The Morgan fingerprint density at radius 2 is 1.53 bits per heavy atom. The van der Waals surface area contributed by atoms with Crippen molar-refractivity contribution in [1.29, 1.82) is 0 Å². The van der Waals surface area contributed by atoms with Crippen LogP contribution in [0.2, 0.25) is 0 Å². The van der Waals surface area contributed by atoms with Crippen LogP contribution in [0.25, 0.3) is 10.8 Å². The molecular formula is C13H16OPr. The van der Waals surface area contributed by atoms with Crippen LogP contribution in [-0.2, 0) is 0 Å². The molecule has 0 aliphatic carbocycles. The number of hydrogen-bond acceptors (Lipinski definition) is 1. The third kappa shape index (κ3) is 3.43. The van der Waals surface area contributed by atoms with Crippen molar-refractivity contribution >= 4 is 10.8 Å². The zero-order chi connectivity index (χ0) is 10.6. The maximum Gasteiger partial charge on any atom is 0.119 e.